The van der Waals surface area contributed by atoms with Crippen molar-refractivity contribution in [2.24, 2.45) is 0 Å². The van der Waals surface area contributed by atoms with Crippen LogP contribution in [0.15, 0.2) is 24.3 Å². The standard InChI is InChI=1S/C10H14O.C6H14/c1-10(2,3)8-6-4-5-7-9(8)11;1-3-5-6-4-2/h4-7,11H,1-3H3;3-6H2,1-2H3. The van der Waals surface area contributed by atoms with Gasteiger partial charge < -0.3 is 5.11 Å². The van der Waals surface area contributed by atoms with E-state index in [0.717, 1.165) is 5.56 Å². The van der Waals surface area contributed by atoms with Crippen LogP contribution in [0.1, 0.15) is 65.9 Å². The van der Waals surface area contributed by atoms with Gasteiger partial charge in [-0.2, -0.15) is 0 Å². The second kappa shape index (κ2) is 8.16. The molecule has 1 aromatic carbocycles. The molecule has 0 aromatic heterocycles. The summed E-state index contributed by atoms with van der Waals surface area (Å²) >= 11 is 0. The van der Waals surface area contributed by atoms with Gasteiger partial charge in [0.25, 0.3) is 0 Å². The Morgan fingerprint density at radius 2 is 1.41 bits per heavy atom. The van der Waals surface area contributed by atoms with Crippen LogP contribution in [0, 0.1) is 0 Å². The first-order valence-electron chi connectivity index (χ1n) is 6.72. The van der Waals surface area contributed by atoms with Gasteiger partial charge in [0.15, 0.2) is 0 Å². The normalized spacial score (nSPS) is 10.6. The summed E-state index contributed by atoms with van der Waals surface area (Å²) in [7, 11) is 0. The van der Waals surface area contributed by atoms with Crippen LogP contribution in [-0.2, 0) is 5.41 Å². The number of hydrogen-bond donors (Lipinski definition) is 1. The molecule has 0 radical (unpaired) electrons. The highest BCUT2D eigenvalue weighted by Gasteiger charge is 2.16. The number of unbranched alkanes of at least 4 members (excludes halogenated alkanes) is 3. The van der Waals surface area contributed by atoms with Crippen molar-refractivity contribution in [2.75, 3.05) is 0 Å². The molecular formula is C16H28O. The van der Waals surface area contributed by atoms with Crippen LogP contribution in [0.2, 0.25) is 0 Å². The molecule has 0 unspecified atom stereocenters. The van der Waals surface area contributed by atoms with Crippen molar-refractivity contribution in [2.45, 2.75) is 65.7 Å². The average molecular weight is 236 g/mol. The number of benzene rings is 1. The van der Waals surface area contributed by atoms with E-state index in [2.05, 4.69) is 34.6 Å². The Balaban J connectivity index is 0.000000366. The lowest BCUT2D eigenvalue weighted by molar-refractivity contribution is 0.447. The Hall–Kier alpha value is -0.980. The third-order valence-corrected chi connectivity index (χ3v) is 2.67. The SMILES string of the molecule is CC(C)(C)c1ccccc1O.CCCCCC. The van der Waals surface area contributed by atoms with Gasteiger partial charge in [-0.05, 0) is 17.0 Å². The van der Waals surface area contributed by atoms with Crippen LogP contribution in [0.5, 0.6) is 5.75 Å². The molecule has 0 bridgehead atoms. The fourth-order valence-electron chi connectivity index (χ4n) is 1.61. The van der Waals surface area contributed by atoms with E-state index in [-0.39, 0.29) is 5.41 Å². The van der Waals surface area contributed by atoms with Gasteiger partial charge in [0.2, 0.25) is 0 Å². The molecule has 0 fully saturated rings. The zero-order valence-electron chi connectivity index (χ0n) is 12.1. The second-order valence-corrected chi connectivity index (χ2v) is 5.47. The summed E-state index contributed by atoms with van der Waals surface area (Å²) in [6.07, 6.45) is 5.54. The lowest BCUT2D eigenvalue weighted by Gasteiger charge is -2.19. The van der Waals surface area contributed by atoms with Crippen LogP contribution in [-0.4, -0.2) is 5.11 Å². The molecule has 0 saturated heterocycles. The van der Waals surface area contributed by atoms with Crippen molar-refractivity contribution in [3.63, 3.8) is 0 Å². The zero-order valence-corrected chi connectivity index (χ0v) is 12.1. The number of phenols is 1. The molecule has 0 saturated carbocycles. The highest BCUT2D eigenvalue weighted by atomic mass is 16.3. The third kappa shape index (κ3) is 7.04. The van der Waals surface area contributed by atoms with Gasteiger partial charge in [0, 0.05) is 0 Å². The van der Waals surface area contributed by atoms with E-state index in [9.17, 15) is 5.11 Å². The Kier molecular flexibility index (Phi) is 7.69. The lowest BCUT2D eigenvalue weighted by atomic mass is 9.86. The van der Waals surface area contributed by atoms with E-state index >= 15 is 0 Å². The summed E-state index contributed by atoms with van der Waals surface area (Å²) in [6, 6.07) is 7.46. The van der Waals surface area contributed by atoms with Gasteiger partial charge in [0.1, 0.15) is 5.75 Å². The molecule has 0 aliphatic rings. The molecular weight excluding hydrogens is 208 g/mol. The van der Waals surface area contributed by atoms with E-state index in [4.69, 9.17) is 0 Å². The van der Waals surface area contributed by atoms with Crippen molar-refractivity contribution in [3.05, 3.63) is 29.8 Å². The predicted molar refractivity (Wildman–Crippen MR) is 76.6 cm³/mol. The van der Waals surface area contributed by atoms with Crippen molar-refractivity contribution < 1.29 is 5.11 Å². The predicted octanol–water partition coefficient (Wildman–Crippen LogP) is 5.28. The number of hydrogen-bond acceptors (Lipinski definition) is 1. The molecule has 17 heavy (non-hydrogen) atoms. The first-order chi connectivity index (χ1) is 7.93. The smallest absolute Gasteiger partial charge is 0.119 e. The Labute approximate surface area is 107 Å². The number of para-hydroxylation sites is 1. The van der Waals surface area contributed by atoms with Crippen LogP contribution < -0.4 is 0 Å². The number of rotatable bonds is 3. The van der Waals surface area contributed by atoms with Crippen molar-refractivity contribution >= 4 is 0 Å². The summed E-state index contributed by atoms with van der Waals surface area (Å²) in [4.78, 5) is 0. The molecule has 0 amide bonds. The molecule has 0 heterocycles. The molecule has 1 nitrogen and oxygen atoms in total. The van der Waals surface area contributed by atoms with Gasteiger partial charge in [0.05, 0.1) is 0 Å². The van der Waals surface area contributed by atoms with Gasteiger partial charge in [-0.25, -0.2) is 0 Å². The van der Waals surface area contributed by atoms with Crippen molar-refractivity contribution in [1.29, 1.82) is 0 Å². The minimum Gasteiger partial charge on any atom is -0.508 e. The molecule has 0 atom stereocenters. The molecule has 0 aliphatic carbocycles. The fourth-order valence-corrected chi connectivity index (χ4v) is 1.61. The van der Waals surface area contributed by atoms with Gasteiger partial charge in [-0.1, -0.05) is 78.5 Å². The zero-order chi connectivity index (χ0) is 13.3. The fraction of sp³-hybridized carbons (Fsp3) is 0.625. The molecule has 1 aromatic rings. The van der Waals surface area contributed by atoms with Gasteiger partial charge >= 0.3 is 0 Å². The first-order valence-corrected chi connectivity index (χ1v) is 6.72. The van der Waals surface area contributed by atoms with Crippen molar-refractivity contribution in [3.8, 4) is 5.75 Å². The van der Waals surface area contributed by atoms with E-state index in [0.29, 0.717) is 5.75 Å². The van der Waals surface area contributed by atoms with E-state index in [1.165, 1.54) is 25.7 Å². The highest BCUT2D eigenvalue weighted by Crippen LogP contribution is 2.29. The molecule has 0 spiro atoms. The number of phenolic OH excluding ortho intramolecular Hbond substituents is 1. The quantitative estimate of drug-likeness (QED) is 0.708. The van der Waals surface area contributed by atoms with Crippen LogP contribution in [0.4, 0.5) is 0 Å². The topological polar surface area (TPSA) is 20.2 Å². The summed E-state index contributed by atoms with van der Waals surface area (Å²) in [5.41, 5.74) is 1.03. The minimum absolute atomic E-state index is 0.0331. The third-order valence-electron chi connectivity index (χ3n) is 2.67. The summed E-state index contributed by atoms with van der Waals surface area (Å²) in [5, 5.41) is 9.45. The minimum atomic E-state index is 0.0331. The maximum Gasteiger partial charge on any atom is 0.119 e. The van der Waals surface area contributed by atoms with Crippen LogP contribution >= 0.6 is 0 Å². The molecule has 1 N–H and O–H groups in total. The molecule has 1 heteroatoms. The van der Waals surface area contributed by atoms with E-state index in [1.807, 2.05) is 18.2 Å². The van der Waals surface area contributed by atoms with Crippen LogP contribution in [0.25, 0.3) is 0 Å². The highest BCUT2D eigenvalue weighted by molar-refractivity contribution is 5.36. The maximum atomic E-state index is 9.45. The Morgan fingerprint density at radius 3 is 1.71 bits per heavy atom. The number of aromatic hydroxyl groups is 1. The molecule has 0 aliphatic heterocycles. The van der Waals surface area contributed by atoms with Crippen LogP contribution in [0.3, 0.4) is 0 Å². The maximum absolute atomic E-state index is 9.45. The summed E-state index contributed by atoms with van der Waals surface area (Å²) in [6.45, 7) is 10.7. The Bertz CT molecular complexity index is 293. The second-order valence-electron chi connectivity index (χ2n) is 5.47. The molecule has 1 rings (SSSR count). The van der Waals surface area contributed by atoms with Gasteiger partial charge in [-0.15, -0.1) is 0 Å². The van der Waals surface area contributed by atoms with Crippen molar-refractivity contribution in [1.82, 2.24) is 0 Å². The summed E-state index contributed by atoms with van der Waals surface area (Å²) in [5.74, 6) is 0.389. The molecule has 98 valence electrons. The van der Waals surface area contributed by atoms with E-state index in [1.54, 1.807) is 6.07 Å². The lowest BCUT2D eigenvalue weighted by Crippen LogP contribution is -2.10. The largest absolute Gasteiger partial charge is 0.508 e. The first kappa shape index (κ1) is 16.0. The van der Waals surface area contributed by atoms with Gasteiger partial charge in [-0.3, -0.25) is 0 Å². The summed E-state index contributed by atoms with van der Waals surface area (Å²) < 4.78 is 0. The van der Waals surface area contributed by atoms with E-state index < -0.39 is 0 Å². The average Bonchev–Trinajstić information content (AvgIpc) is 2.26. The Morgan fingerprint density at radius 1 is 0.941 bits per heavy atom. The monoisotopic (exact) mass is 236 g/mol.